The van der Waals surface area contributed by atoms with Crippen LogP contribution in [-0.4, -0.2) is 43.1 Å². The Morgan fingerprint density at radius 1 is 0.905 bits per heavy atom. The normalized spacial score (nSPS) is 19.0. The molecule has 9 heteroatoms. The molecule has 0 saturated carbocycles. The largest absolute Gasteiger partial charge is 0.497 e. The Morgan fingerprint density at radius 3 is 2.14 bits per heavy atom. The Bertz CT molecular complexity index is 1400. The summed E-state index contributed by atoms with van der Waals surface area (Å²) in [5.41, 5.74) is 10.8. The number of nitrogens with zero attached hydrogens (tertiary/aromatic N) is 2. The number of carbonyl (C=O) groups excluding carboxylic acids is 3. The maximum absolute atomic E-state index is 14.6. The predicted molar refractivity (Wildman–Crippen MR) is 162 cm³/mol. The van der Waals surface area contributed by atoms with Gasteiger partial charge in [0.25, 0.3) is 5.91 Å². The summed E-state index contributed by atoms with van der Waals surface area (Å²) in [5.74, 6) is 0.253. The summed E-state index contributed by atoms with van der Waals surface area (Å²) in [6.07, 6.45) is 0.971. The molecule has 1 aliphatic heterocycles. The third-order valence-corrected chi connectivity index (χ3v) is 7.42. The lowest BCUT2D eigenvalue weighted by Crippen LogP contribution is -2.57. The van der Waals surface area contributed by atoms with E-state index in [0.717, 1.165) is 11.1 Å². The van der Waals surface area contributed by atoms with Gasteiger partial charge in [-0.1, -0.05) is 69.3 Å². The summed E-state index contributed by atoms with van der Waals surface area (Å²) < 4.78 is 10.9. The average molecular weight is 573 g/mol. The highest BCUT2D eigenvalue weighted by atomic mass is 16.5. The number of methoxy groups -OCH3 is 2. The molecule has 0 spiro atoms. The van der Waals surface area contributed by atoms with Gasteiger partial charge in [0.2, 0.25) is 5.91 Å². The summed E-state index contributed by atoms with van der Waals surface area (Å²) in [6, 6.07) is 21.9. The lowest BCUT2D eigenvalue weighted by atomic mass is 9.86. The van der Waals surface area contributed by atoms with Crippen LogP contribution < -0.4 is 25.5 Å². The Morgan fingerprint density at radius 2 is 1.52 bits per heavy atom. The number of anilines is 1. The molecule has 0 bridgehead atoms. The van der Waals surface area contributed by atoms with Crippen LogP contribution in [-0.2, 0) is 9.59 Å². The van der Waals surface area contributed by atoms with E-state index in [4.69, 9.17) is 15.2 Å². The molecule has 42 heavy (non-hydrogen) atoms. The SMILES string of the molecule is COc1cccc(C2CC(c3ccccc3)CC(N(C(N)=O)c3cccc(OC)c3)C(=O)N2NC(=O)CC(C)(C)C)c1. The standard InChI is InChI=1S/C33H40N4O5/c1-33(2,3)21-30(38)35-37-28(23-13-9-15-26(17-23)41-4)18-24(22-11-7-6-8-12-22)19-29(31(37)39)36(32(34)40)25-14-10-16-27(20-25)42-5/h6-17,20,24,28-29H,18-19,21H2,1-5H3,(H2,34,40)(H,35,38). The van der Waals surface area contributed by atoms with E-state index >= 15 is 0 Å². The second-order valence-corrected chi connectivity index (χ2v) is 11.8. The highest BCUT2D eigenvalue weighted by Gasteiger charge is 2.43. The molecule has 3 aromatic rings. The number of hydrazine groups is 1. The second-order valence-electron chi connectivity index (χ2n) is 11.8. The van der Waals surface area contributed by atoms with Gasteiger partial charge in [-0.05, 0) is 59.6 Å². The van der Waals surface area contributed by atoms with Crippen molar-refractivity contribution < 1.29 is 23.9 Å². The molecule has 222 valence electrons. The van der Waals surface area contributed by atoms with Gasteiger partial charge in [0.1, 0.15) is 17.5 Å². The number of rotatable bonds is 8. The Balaban J connectivity index is 1.88. The van der Waals surface area contributed by atoms with E-state index in [0.29, 0.717) is 23.6 Å². The molecule has 0 aliphatic carbocycles. The van der Waals surface area contributed by atoms with Gasteiger partial charge in [-0.25, -0.2) is 9.80 Å². The number of primary amides is 1. The Kier molecular flexibility index (Phi) is 9.40. The number of ether oxygens (including phenoxy) is 2. The number of nitrogens with two attached hydrogens (primary N) is 1. The van der Waals surface area contributed by atoms with Crippen molar-refractivity contribution >= 4 is 23.5 Å². The minimum Gasteiger partial charge on any atom is -0.497 e. The summed E-state index contributed by atoms with van der Waals surface area (Å²) in [6.45, 7) is 5.88. The second kappa shape index (κ2) is 13.0. The van der Waals surface area contributed by atoms with Crippen molar-refractivity contribution in [2.45, 2.75) is 58.0 Å². The van der Waals surface area contributed by atoms with Gasteiger partial charge >= 0.3 is 6.03 Å². The smallest absolute Gasteiger partial charge is 0.320 e. The number of benzene rings is 3. The monoisotopic (exact) mass is 572 g/mol. The number of nitrogens with one attached hydrogen (secondary N) is 1. The van der Waals surface area contributed by atoms with E-state index in [1.54, 1.807) is 31.4 Å². The maximum Gasteiger partial charge on any atom is 0.320 e. The van der Waals surface area contributed by atoms with Gasteiger partial charge in [0.15, 0.2) is 0 Å². The summed E-state index contributed by atoms with van der Waals surface area (Å²) in [4.78, 5) is 42.4. The van der Waals surface area contributed by atoms with Gasteiger partial charge in [0, 0.05) is 12.5 Å². The van der Waals surface area contributed by atoms with Crippen LogP contribution in [0.2, 0.25) is 0 Å². The van der Waals surface area contributed by atoms with E-state index < -0.39 is 24.0 Å². The Labute approximate surface area is 247 Å². The quantitative estimate of drug-likeness (QED) is 0.366. The van der Waals surface area contributed by atoms with Crippen LogP contribution in [0.5, 0.6) is 11.5 Å². The first-order valence-electron chi connectivity index (χ1n) is 14.0. The van der Waals surface area contributed by atoms with Crippen LogP contribution in [0.1, 0.15) is 63.1 Å². The molecule has 4 rings (SSSR count). The van der Waals surface area contributed by atoms with Crippen LogP contribution in [0.4, 0.5) is 10.5 Å². The molecule has 1 aliphatic rings. The first-order valence-corrected chi connectivity index (χ1v) is 14.0. The molecule has 1 fully saturated rings. The molecule has 0 aromatic heterocycles. The highest BCUT2D eigenvalue weighted by Crippen LogP contribution is 2.41. The van der Waals surface area contributed by atoms with E-state index in [1.807, 2.05) is 75.4 Å². The molecular weight excluding hydrogens is 532 g/mol. The maximum atomic E-state index is 14.6. The van der Waals surface area contributed by atoms with Crippen molar-refractivity contribution in [1.29, 1.82) is 0 Å². The predicted octanol–water partition coefficient (Wildman–Crippen LogP) is 5.57. The van der Waals surface area contributed by atoms with Crippen LogP contribution in [0.25, 0.3) is 0 Å². The zero-order valence-corrected chi connectivity index (χ0v) is 24.9. The minimum absolute atomic E-state index is 0.159. The van der Waals surface area contributed by atoms with Crippen molar-refractivity contribution in [3.05, 3.63) is 90.0 Å². The first kappa shape index (κ1) is 30.4. The first-order chi connectivity index (χ1) is 20.0. The summed E-state index contributed by atoms with van der Waals surface area (Å²) in [7, 11) is 3.11. The molecule has 3 unspecified atom stereocenters. The van der Waals surface area contributed by atoms with Crippen LogP contribution in [0.3, 0.4) is 0 Å². The van der Waals surface area contributed by atoms with Gasteiger partial charge in [-0.3, -0.25) is 19.9 Å². The molecule has 1 saturated heterocycles. The fraction of sp³-hybridized carbons (Fsp3) is 0.364. The van der Waals surface area contributed by atoms with E-state index in [-0.39, 0.29) is 30.1 Å². The van der Waals surface area contributed by atoms with Crippen LogP contribution in [0.15, 0.2) is 78.9 Å². The van der Waals surface area contributed by atoms with E-state index in [9.17, 15) is 14.4 Å². The molecule has 3 N–H and O–H groups in total. The third-order valence-electron chi connectivity index (χ3n) is 7.42. The number of amides is 4. The third kappa shape index (κ3) is 7.21. The van der Waals surface area contributed by atoms with E-state index in [1.165, 1.54) is 17.0 Å². The van der Waals surface area contributed by atoms with Crippen molar-refractivity contribution in [1.82, 2.24) is 10.4 Å². The summed E-state index contributed by atoms with van der Waals surface area (Å²) in [5, 5.41) is 1.40. The topological polar surface area (TPSA) is 114 Å². The average Bonchev–Trinajstić information content (AvgIpc) is 3.09. The fourth-order valence-electron chi connectivity index (χ4n) is 5.51. The van der Waals surface area contributed by atoms with Crippen molar-refractivity contribution in [3.8, 4) is 11.5 Å². The molecule has 4 amide bonds. The van der Waals surface area contributed by atoms with Crippen molar-refractivity contribution in [3.63, 3.8) is 0 Å². The lowest BCUT2D eigenvalue weighted by molar-refractivity contribution is -0.145. The zero-order chi connectivity index (χ0) is 30.4. The zero-order valence-electron chi connectivity index (χ0n) is 24.9. The number of urea groups is 1. The van der Waals surface area contributed by atoms with Crippen LogP contribution in [0, 0.1) is 5.41 Å². The van der Waals surface area contributed by atoms with Gasteiger partial charge in [-0.2, -0.15) is 0 Å². The molecule has 9 nitrogen and oxygen atoms in total. The molecule has 1 heterocycles. The minimum atomic E-state index is -1.01. The number of hydrogen-bond acceptors (Lipinski definition) is 5. The lowest BCUT2D eigenvalue weighted by Gasteiger charge is -2.35. The van der Waals surface area contributed by atoms with Gasteiger partial charge < -0.3 is 15.2 Å². The van der Waals surface area contributed by atoms with E-state index in [2.05, 4.69) is 5.43 Å². The molecule has 3 aromatic carbocycles. The fourth-order valence-corrected chi connectivity index (χ4v) is 5.51. The molecule has 3 atom stereocenters. The van der Waals surface area contributed by atoms with Crippen LogP contribution >= 0.6 is 0 Å². The van der Waals surface area contributed by atoms with Crippen molar-refractivity contribution in [2.24, 2.45) is 11.1 Å². The summed E-state index contributed by atoms with van der Waals surface area (Å²) >= 11 is 0. The highest BCUT2D eigenvalue weighted by molar-refractivity contribution is 6.00. The molecular formula is C33H40N4O5. The van der Waals surface area contributed by atoms with Gasteiger partial charge in [0.05, 0.1) is 25.9 Å². The van der Waals surface area contributed by atoms with Gasteiger partial charge in [-0.15, -0.1) is 0 Å². The number of carbonyl (C=O) groups is 3. The number of hydrogen-bond donors (Lipinski definition) is 2. The molecule has 0 radical (unpaired) electrons. The van der Waals surface area contributed by atoms with Crippen molar-refractivity contribution in [2.75, 3.05) is 19.1 Å². The Hall–Kier alpha value is -4.53.